The molecule has 1 aromatic rings. The number of carboxylic acids is 3. The first kappa shape index (κ1) is 17.2. The van der Waals surface area contributed by atoms with Crippen LogP contribution in [0.4, 0.5) is 4.39 Å². The Hall–Kier alpha value is -2.81. The summed E-state index contributed by atoms with van der Waals surface area (Å²) in [5.74, 6) is -8.95. The molecule has 1 aromatic carbocycles. The van der Waals surface area contributed by atoms with E-state index in [0.717, 1.165) is 12.1 Å². The van der Waals surface area contributed by atoms with Crippen LogP contribution in [0.5, 0.6) is 0 Å². The molecule has 22 heavy (non-hydrogen) atoms. The summed E-state index contributed by atoms with van der Waals surface area (Å²) < 4.78 is 14.8. The van der Waals surface area contributed by atoms with E-state index in [4.69, 9.17) is 15.3 Å². The molecular weight excluding hydrogens is 303 g/mol. The van der Waals surface area contributed by atoms with Crippen LogP contribution in [0, 0.1) is 0 Å². The highest BCUT2D eigenvalue weighted by Gasteiger charge is 2.68. The van der Waals surface area contributed by atoms with Gasteiger partial charge in [0.1, 0.15) is 0 Å². The van der Waals surface area contributed by atoms with Gasteiger partial charge in [0.15, 0.2) is 0 Å². The minimum atomic E-state index is -4.38. The largest absolute Gasteiger partial charge is 0.481 e. The third kappa shape index (κ3) is 2.66. The fourth-order valence-electron chi connectivity index (χ4n) is 1.81. The Morgan fingerprint density at radius 1 is 0.955 bits per heavy atom. The second-order valence-electron chi connectivity index (χ2n) is 4.39. The number of hydrogen-bond acceptors (Lipinski definition) is 5. The molecule has 8 nitrogen and oxygen atoms in total. The topological polar surface area (TPSA) is 149 Å². The molecule has 2 atom stereocenters. The highest BCUT2D eigenvalue weighted by molar-refractivity contribution is 6.19. The van der Waals surface area contributed by atoms with Crippen LogP contribution in [0.15, 0.2) is 30.3 Å². The van der Waals surface area contributed by atoms with Crippen LogP contribution in [0.25, 0.3) is 0 Å². The average Bonchev–Trinajstić information content (AvgIpc) is 2.45. The number of Topliss-reactive ketones (excluding diaryl/α,β-unsaturated/α-hetero) is 1. The molecule has 2 unspecified atom stereocenters. The van der Waals surface area contributed by atoms with Crippen LogP contribution in [0.3, 0.4) is 0 Å². The maximum Gasteiger partial charge on any atom is 0.353 e. The number of alkyl halides is 1. The summed E-state index contributed by atoms with van der Waals surface area (Å²) in [5.41, 5.74) is -8.88. The van der Waals surface area contributed by atoms with Gasteiger partial charge in [0.2, 0.25) is 11.4 Å². The molecule has 9 heteroatoms. The number of hydrogen-bond donors (Lipinski definition) is 4. The highest BCUT2D eigenvalue weighted by Crippen LogP contribution is 2.34. The summed E-state index contributed by atoms with van der Waals surface area (Å²) in [6, 6.07) is 5.95. The number of carboxylic acid groups (broad SMARTS) is 3. The van der Waals surface area contributed by atoms with Crippen LogP contribution in [-0.4, -0.2) is 55.4 Å². The maximum atomic E-state index is 14.8. The lowest BCUT2D eigenvalue weighted by Gasteiger charge is -2.32. The number of carbonyl (C=O) groups excluding carboxylic acids is 1. The van der Waals surface area contributed by atoms with Crippen molar-refractivity contribution in [1.82, 2.24) is 0 Å². The van der Waals surface area contributed by atoms with E-state index in [1.165, 1.54) is 18.2 Å². The minimum Gasteiger partial charge on any atom is -0.481 e. The van der Waals surface area contributed by atoms with Gasteiger partial charge in [0, 0.05) is 5.56 Å². The molecule has 118 valence electrons. The quantitative estimate of drug-likeness (QED) is 0.404. The molecule has 0 aliphatic carbocycles. The zero-order chi connectivity index (χ0) is 17.1. The Bertz CT molecular complexity index is 628. The van der Waals surface area contributed by atoms with Crippen LogP contribution < -0.4 is 0 Å². The maximum absolute atomic E-state index is 14.8. The first-order valence-corrected chi connectivity index (χ1v) is 5.77. The van der Waals surface area contributed by atoms with Gasteiger partial charge in [-0.15, -0.1) is 0 Å². The lowest BCUT2D eigenvalue weighted by molar-refractivity contribution is -0.189. The molecule has 0 bridgehead atoms. The Morgan fingerprint density at radius 2 is 1.45 bits per heavy atom. The van der Waals surface area contributed by atoms with Crippen molar-refractivity contribution < 1.29 is 44.0 Å². The van der Waals surface area contributed by atoms with E-state index in [-0.39, 0.29) is 0 Å². The van der Waals surface area contributed by atoms with Crippen LogP contribution in [0.1, 0.15) is 16.8 Å². The van der Waals surface area contributed by atoms with Crippen molar-refractivity contribution in [3.05, 3.63) is 35.9 Å². The molecule has 0 heterocycles. The Kier molecular flexibility index (Phi) is 4.62. The highest BCUT2D eigenvalue weighted by atomic mass is 19.1. The molecule has 0 saturated carbocycles. The van der Waals surface area contributed by atoms with Crippen LogP contribution >= 0.6 is 0 Å². The van der Waals surface area contributed by atoms with Crippen molar-refractivity contribution in [2.75, 3.05) is 0 Å². The Morgan fingerprint density at radius 3 is 1.82 bits per heavy atom. The van der Waals surface area contributed by atoms with E-state index in [0.29, 0.717) is 0 Å². The molecule has 0 fully saturated rings. The van der Waals surface area contributed by atoms with Crippen molar-refractivity contribution >= 4 is 23.7 Å². The first-order valence-electron chi connectivity index (χ1n) is 5.77. The van der Waals surface area contributed by atoms with Gasteiger partial charge < -0.3 is 20.4 Å². The van der Waals surface area contributed by atoms with Crippen molar-refractivity contribution in [2.45, 2.75) is 17.7 Å². The first-order chi connectivity index (χ1) is 10.1. The molecule has 0 spiro atoms. The standard InChI is InChI=1S/C13H11FO8/c14-13(11(20)21,9(17)7-4-2-1-3-5-7)12(22,10(18)19)6-8(15)16/h1-5,22H,6H2,(H,15,16)(H,18,19)(H,20,21). The van der Waals surface area contributed by atoms with Crippen molar-refractivity contribution in [3.63, 3.8) is 0 Å². The predicted octanol–water partition coefficient (Wildman–Crippen LogP) is -0.0474. The van der Waals surface area contributed by atoms with E-state index in [9.17, 15) is 28.7 Å². The van der Waals surface area contributed by atoms with Crippen LogP contribution in [-0.2, 0) is 14.4 Å². The van der Waals surface area contributed by atoms with Crippen molar-refractivity contribution in [1.29, 1.82) is 0 Å². The molecule has 0 aromatic heterocycles. The SMILES string of the molecule is O=C(O)CC(O)(C(=O)O)C(F)(C(=O)O)C(=O)c1ccccc1. The number of aliphatic carboxylic acids is 3. The van der Waals surface area contributed by atoms with E-state index < -0.39 is 46.9 Å². The van der Waals surface area contributed by atoms with Gasteiger partial charge in [-0.1, -0.05) is 30.3 Å². The smallest absolute Gasteiger partial charge is 0.353 e. The normalized spacial score (nSPS) is 16.1. The second kappa shape index (κ2) is 5.90. The van der Waals surface area contributed by atoms with E-state index in [2.05, 4.69) is 0 Å². The van der Waals surface area contributed by atoms with E-state index in [1.54, 1.807) is 0 Å². The molecule has 0 amide bonds. The zero-order valence-corrected chi connectivity index (χ0v) is 10.9. The van der Waals surface area contributed by atoms with Gasteiger partial charge in [-0.2, -0.15) is 0 Å². The molecule has 4 N–H and O–H groups in total. The number of rotatable bonds is 7. The lowest BCUT2D eigenvalue weighted by atomic mass is 9.76. The van der Waals surface area contributed by atoms with Gasteiger partial charge in [-0.05, 0) is 0 Å². The zero-order valence-electron chi connectivity index (χ0n) is 10.9. The predicted molar refractivity (Wildman–Crippen MR) is 67.1 cm³/mol. The second-order valence-corrected chi connectivity index (χ2v) is 4.39. The molecule has 0 aliphatic heterocycles. The van der Waals surface area contributed by atoms with Gasteiger partial charge in [0.05, 0.1) is 6.42 Å². The molecule has 0 radical (unpaired) electrons. The minimum absolute atomic E-state index is 0.530. The number of halogens is 1. The van der Waals surface area contributed by atoms with Gasteiger partial charge in [-0.25, -0.2) is 14.0 Å². The van der Waals surface area contributed by atoms with E-state index in [1.807, 2.05) is 0 Å². The lowest BCUT2D eigenvalue weighted by Crippen LogP contribution is -2.66. The monoisotopic (exact) mass is 314 g/mol. The molecular formula is C13H11FO8. The van der Waals surface area contributed by atoms with Gasteiger partial charge in [-0.3, -0.25) is 9.59 Å². The number of aliphatic hydroxyl groups is 1. The fraction of sp³-hybridized carbons (Fsp3) is 0.231. The summed E-state index contributed by atoms with van der Waals surface area (Å²) in [5, 5.41) is 36.3. The van der Waals surface area contributed by atoms with Crippen molar-refractivity contribution in [3.8, 4) is 0 Å². The third-order valence-corrected chi connectivity index (χ3v) is 2.97. The summed E-state index contributed by atoms with van der Waals surface area (Å²) in [6.45, 7) is 0. The Balaban J connectivity index is 3.54. The number of carbonyl (C=O) groups is 4. The van der Waals surface area contributed by atoms with Crippen molar-refractivity contribution in [2.24, 2.45) is 0 Å². The number of benzene rings is 1. The fourth-order valence-corrected chi connectivity index (χ4v) is 1.81. The summed E-state index contributed by atoms with van der Waals surface area (Å²) in [7, 11) is 0. The molecule has 0 aliphatic rings. The number of ketones is 1. The summed E-state index contributed by atoms with van der Waals surface area (Å²) in [4.78, 5) is 45.0. The van der Waals surface area contributed by atoms with Gasteiger partial charge in [0.25, 0.3) is 0 Å². The third-order valence-electron chi connectivity index (χ3n) is 2.97. The Labute approximate surface area is 122 Å². The molecule has 1 rings (SSSR count). The molecule has 0 saturated heterocycles. The average molecular weight is 314 g/mol. The van der Waals surface area contributed by atoms with Crippen LogP contribution in [0.2, 0.25) is 0 Å². The van der Waals surface area contributed by atoms with E-state index >= 15 is 0 Å². The summed E-state index contributed by atoms with van der Waals surface area (Å²) >= 11 is 0. The summed E-state index contributed by atoms with van der Waals surface area (Å²) in [6.07, 6.45) is -1.82. The van der Waals surface area contributed by atoms with Gasteiger partial charge >= 0.3 is 23.6 Å².